The molecular weight excluding hydrogens is 344 g/mol. The zero-order valence-electron chi connectivity index (χ0n) is 15.1. The Morgan fingerprint density at radius 2 is 1.93 bits per heavy atom. The number of nitrogens with one attached hydrogen (secondary N) is 1. The Morgan fingerprint density at radius 1 is 1.07 bits per heavy atom. The average molecular weight is 364 g/mol. The Labute approximate surface area is 157 Å². The number of methoxy groups -OCH3 is 2. The Kier molecular flexibility index (Phi) is 4.46. The van der Waals surface area contributed by atoms with E-state index in [1.165, 1.54) is 0 Å². The summed E-state index contributed by atoms with van der Waals surface area (Å²) in [5, 5.41) is 3.46. The van der Waals surface area contributed by atoms with Crippen molar-refractivity contribution in [3.8, 4) is 11.5 Å². The van der Waals surface area contributed by atoms with E-state index in [0.29, 0.717) is 29.4 Å². The van der Waals surface area contributed by atoms with Crippen LogP contribution in [0.1, 0.15) is 27.8 Å². The van der Waals surface area contributed by atoms with Gasteiger partial charge in [0.25, 0.3) is 5.91 Å². The first-order chi connectivity index (χ1) is 13.2. The van der Waals surface area contributed by atoms with Gasteiger partial charge in [-0.15, -0.1) is 0 Å². The van der Waals surface area contributed by atoms with Gasteiger partial charge < -0.3 is 24.1 Å². The number of anilines is 1. The molecule has 6 heteroatoms. The van der Waals surface area contributed by atoms with Gasteiger partial charge in [-0.1, -0.05) is 12.1 Å². The largest absolute Gasteiger partial charge is 0.497 e. The van der Waals surface area contributed by atoms with Gasteiger partial charge >= 0.3 is 0 Å². The van der Waals surface area contributed by atoms with Crippen LogP contribution in [0, 0.1) is 0 Å². The molecule has 0 aliphatic carbocycles. The van der Waals surface area contributed by atoms with E-state index in [2.05, 4.69) is 5.32 Å². The van der Waals surface area contributed by atoms with E-state index in [9.17, 15) is 4.79 Å². The first-order valence-corrected chi connectivity index (χ1v) is 8.62. The number of para-hydroxylation sites is 1. The van der Waals surface area contributed by atoms with Crippen LogP contribution in [0.2, 0.25) is 0 Å². The van der Waals surface area contributed by atoms with Crippen molar-refractivity contribution in [1.29, 1.82) is 0 Å². The summed E-state index contributed by atoms with van der Waals surface area (Å²) in [6, 6.07) is 16.7. The van der Waals surface area contributed by atoms with Gasteiger partial charge in [0.15, 0.2) is 0 Å². The van der Waals surface area contributed by atoms with Gasteiger partial charge in [-0.25, -0.2) is 0 Å². The molecule has 1 N–H and O–H groups in total. The molecule has 0 spiro atoms. The second-order valence-corrected chi connectivity index (χ2v) is 6.21. The second kappa shape index (κ2) is 7.07. The Balaban J connectivity index is 1.80. The Morgan fingerprint density at radius 3 is 2.67 bits per heavy atom. The number of hydrogen-bond donors (Lipinski definition) is 1. The van der Waals surface area contributed by atoms with Crippen LogP contribution >= 0.6 is 0 Å². The topological polar surface area (TPSA) is 63.9 Å². The highest BCUT2D eigenvalue weighted by Gasteiger charge is 2.34. The van der Waals surface area contributed by atoms with Crippen molar-refractivity contribution in [3.63, 3.8) is 0 Å². The van der Waals surface area contributed by atoms with Crippen LogP contribution in [0.3, 0.4) is 0 Å². The fourth-order valence-electron chi connectivity index (χ4n) is 3.32. The number of furan rings is 1. The first-order valence-electron chi connectivity index (χ1n) is 8.62. The summed E-state index contributed by atoms with van der Waals surface area (Å²) in [5.74, 6) is 1.98. The minimum atomic E-state index is -0.404. The molecule has 1 aromatic heterocycles. The van der Waals surface area contributed by atoms with Crippen molar-refractivity contribution in [2.24, 2.45) is 0 Å². The molecule has 0 fully saturated rings. The normalized spacial score (nSPS) is 15.9. The van der Waals surface area contributed by atoms with Gasteiger partial charge in [0.1, 0.15) is 23.4 Å². The predicted molar refractivity (Wildman–Crippen MR) is 101 cm³/mol. The van der Waals surface area contributed by atoms with Gasteiger partial charge in [0.05, 0.1) is 32.6 Å². The van der Waals surface area contributed by atoms with Crippen molar-refractivity contribution >= 4 is 11.6 Å². The molecule has 2 heterocycles. The van der Waals surface area contributed by atoms with E-state index in [4.69, 9.17) is 13.9 Å². The highest BCUT2D eigenvalue weighted by atomic mass is 16.5. The lowest BCUT2D eigenvalue weighted by Gasteiger charge is -2.38. The highest BCUT2D eigenvalue weighted by molar-refractivity contribution is 6.01. The van der Waals surface area contributed by atoms with E-state index >= 15 is 0 Å². The van der Waals surface area contributed by atoms with Crippen molar-refractivity contribution in [1.82, 2.24) is 4.90 Å². The molecule has 1 aliphatic rings. The van der Waals surface area contributed by atoms with Crippen LogP contribution in [0.4, 0.5) is 5.69 Å². The molecule has 2 aromatic carbocycles. The van der Waals surface area contributed by atoms with Crippen molar-refractivity contribution in [2.75, 3.05) is 19.5 Å². The van der Waals surface area contributed by atoms with Gasteiger partial charge in [-0.3, -0.25) is 4.79 Å². The average Bonchev–Trinajstić information content (AvgIpc) is 3.23. The fourth-order valence-corrected chi connectivity index (χ4v) is 3.32. The van der Waals surface area contributed by atoms with Gasteiger partial charge in [0.2, 0.25) is 0 Å². The van der Waals surface area contributed by atoms with E-state index in [1.807, 2.05) is 54.6 Å². The fraction of sp³-hybridized carbons (Fsp3) is 0.190. The van der Waals surface area contributed by atoms with Gasteiger partial charge in [-0.2, -0.15) is 0 Å². The maximum absolute atomic E-state index is 13.2. The molecule has 3 aromatic rings. The third-order valence-electron chi connectivity index (χ3n) is 4.66. The minimum absolute atomic E-state index is 0.0661. The summed E-state index contributed by atoms with van der Waals surface area (Å²) >= 11 is 0. The van der Waals surface area contributed by atoms with Gasteiger partial charge in [0, 0.05) is 17.3 Å². The second-order valence-electron chi connectivity index (χ2n) is 6.21. The molecule has 4 rings (SSSR count). The van der Waals surface area contributed by atoms with E-state index in [0.717, 1.165) is 11.3 Å². The molecule has 0 bridgehead atoms. The number of hydrogen-bond acceptors (Lipinski definition) is 5. The summed E-state index contributed by atoms with van der Waals surface area (Å²) in [5.41, 5.74) is 2.27. The van der Waals surface area contributed by atoms with E-state index in [-0.39, 0.29) is 5.91 Å². The third kappa shape index (κ3) is 3.10. The van der Waals surface area contributed by atoms with Crippen LogP contribution in [0.15, 0.2) is 65.3 Å². The maximum Gasteiger partial charge on any atom is 0.258 e. The first kappa shape index (κ1) is 17.0. The molecule has 138 valence electrons. The monoisotopic (exact) mass is 364 g/mol. The Bertz CT molecular complexity index is 953. The molecule has 0 saturated carbocycles. The summed E-state index contributed by atoms with van der Waals surface area (Å²) in [6.45, 7) is 0.340. The van der Waals surface area contributed by atoms with Crippen molar-refractivity contribution < 1.29 is 18.7 Å². The molecule has 0 radical (unpaired) electrons. The number of fused-ring (bicyclic) bond motifs is 1. The Hall–Kier alpha value is -3.41. The number of carbonyl (C=O) groups is 1. The third-order valence-corrected chi connectivity index (χ3v) is 4.66. The quantitative estimate of drug-likeness (QED) is 0.740. The van der Waals surface area contributed by atoms with Crippen molar-refractivity contribution in [2.45, 2.75) is 12.7 Å². The predicted octanol–water partition coefficient (Wildman–Crippen LogP) is 4.06. The summed E-state index contributed by atoms with van der Waals surface area (Å²) in [6.07, 6.45) is 1.20. The summed E-state index contributed by atoms with van der Waals surface area (Å²) in [7, 11) is 3.21. The zero-order chi connectivity index (χ0) is 18.8. The van der Waals surface area contributed by atoms with Crippen LogP contribution < -0.4 is 14.8 Å². The lowest BCUT2D eigenvalue weighted by atomic mass is 10.0. The molecule has 27 heavy (non-hydrogen) atoms. The van der Waals surface area contributed by atoms with Crippen LogP contribution in [-0.2, 0) is 6.54 Å². The smallest absolute Gasteiger partial charge is 0.258 e. The zero-order valence-corrected chi connectivity index (χ0v) is 15.1. The molecular formula is C21H20N2O4. The number of carbonyl (C=O) groups excluding carboxylic acids is 1. The number of rotatable bonds is 5. The van der Waals surface area contributed by atoms with Crippen LogP contribution in [0.5, 0.6) is 11.5 Å². The molecule has 1 atom stereocenters. The number of amides is 1. The summed E-state index contributed by atoms with van der Waals surface area (Å²) < 4.78 is 16.3. The van der Waals surface area contributed by atoms with Crippen LogP contribution in [-0.4, -0.2) is 25.0 Å². The molecule has 6 nitrogen and oxygen atoms in total. The molecule has 1 aliphatic heterocycles. The van der Waals surface area contributed by atoms with E-state index < -0.39 is 6.17 Å². The lowest BCUT2D eigenvalue weighted by Crippen LogP contribution is -2.42. The van der Waals surface area contributed by atoms with Crippen molar-refractivity contribution in [3.05, 3.63) is 77.7 Å². The molecule has 0 saturated heterocycles. The molecule has 1 amide bonds. The van der Waals surface area contributed by atoms with Gasteiger partial charge in [-0.05, 0) is 36.4 Å². The van der Waals surface area contributed by atoms with Crippen LogP contribution in [0.25, 0.3) is 0 Å². The molecule has 0 unspecified atom stereocenters. The summed E-state index contributed by atoms with van der Waals surface area (Å²) in [4.78, 5) is 15.0. The number of nitrogens with zero attached hydrogens (tertiary/aromatic N) is 1. The maximum atomic E-state index is 13.2. The highest BCUT2D eigenvalue weighted by Crippen LogP contribution is 2.38. The minimum Gasteiger partial charge on any atom is -0.497 e. The standard InChI is InChI=1S/C21H20N2O4/c1-25-14-9-10-17(19(12-14)26-2)20-22-18-8-4-3-7-16(18)21(24)23(20)13-15-6-5-11-27-15/h3-12,20,22H,13H2,1-2H3/t20-/m1/s1. The van der Waals surface area contributed by atoms with E-state index in [1.54, 1.807) is 25.4 Å². The number of ether oxygens (including phenoxy) is 2. The lowest BCUT2D eigenvalue weighted by molar-refractivity contribution is 0.0649. The number of benzene rings is 2. The SMILES string of the molecule is COc1ccc([C@@H]2Nc3ccccc3C(=O)N2Cc2ccco2)c(OC)c1.